The Morgan fingerprint density at radius 3 is 2.75 bits per heavy atom. The lowest BCUT2D eigenvalue weighted by atomic mass is 10.2. The van der Waals surface area contributed by atoms with E-state index in [1.165, 1.54) is 4.68 Å². The first-order valence-electron chi connectivity index (χ1n) is 11.1. The quantitative estimate of drug-likeness (QED) is 0.249. The second-order valence-electron chi connectivity index (χ2n) is 7.91. The van der Waals surface area contributed by atoms with Gasteiger partial charge in [0.15, 0.2) is 23.0 Å². The van der Waals surface area contributed by atoms with Crippen LogP contribution in [0.2, 0.25) is 0 Å². The zero-order valence-electron chi connectivity index (χ0n) is 19.5. The Kier molecular flexibility index (Phi) is 6.97. The van der Waals surface area contributed by atoms with Crippen molar-refractivity contribution in [2.45, 2.75) is 20.0 Å². The van der Waals surface area contributed by atoms with E-state index in [1.54, 1.807) is 25.5 Å². The molecule has 0 bridgehead atoms. The van der Waals surface area contributed by atoms with E-state index in [9.17, 15) is 4.79 Å². The molecule has 0 saturated carbocycles. The number of rotatable bonds is 7. The van der Waals surface area contributed by atoms with Crippen LogP contribution in [0.4, 0.5) is 0 Å². The minimum absolute atomic E-state index is 0.223. The molecule has 1 aliphatic rings. The number of methoxy groups -OCH3 is 1. The molecule has 0 unspecified atom stereocenters. The van der Waals surface area contributed by atoms with Gasteiger partial charge < -0.3 is 18.9 Å². The number of hydrogen-bond acceptors (Lipinski definition) is 7. The highest BCUT2D eigenvalue weighted by molar-refractivity contribution is 9.10. The summed E-state index contributed by atoms with van der Waals surface area (Å²) >= 11 is 6.99. The molecule has 1 aliphatic heterocycles. The zero-order valence-corrected chi connectivity index (χ0v) is 22.6. The Balaban J connectivity index is 1.42. The van der Waals surface area contributed by atoms with Crippen LogP contribution in [0.15, 0.2) is 67.4 Å². The lowest BCUT2D eigenvalue weighted by Gasteiger charge is -2.14. The van der Waals surface area contributed by atoms with Crippen LogP contribution in [-0.2, 0) is 13.0 Å². The van der Waals surface area contributed by atoms with Gasteiger partial charge in [-0.3, -0.25) is 4.79 Å². The Bertz CT molecular complexity index is 1550. The van der Waals surface area contributed by atoms with Gasteiger partial charge in [-0.1, -0.05) is 28.9 Å². The van der Waals surface area contributed by atoms with Gasteiger partial charge >= 0.3 is 0 Å². The van der Waals surface area contributed by atoms with Gasteiger partial charge in [-0.05, 0) is 69.5 Å². The summed E-state index contributed by atoms with van der Waals surface area (Å²) in [5, 5.41) is 4.95. The molecular formula is C26H21Br2N3O5. The fourth-order valence-electron chi connectivity index (χ4n) is 3.81. The number of fused-ring (bicyclic) bond motifs is 2. The standard InChI is InChI=1S/C26H21Br2N3O5/c1-3-24-30-20-6-5-17(27)11-18(20)26(32)31(24)29-12-16-8-19(28)25(23(10-16)33-2)34-13-15-4-7-21-22(9-15)36-14-35-21/h4-12H,3,13-14H2,1-2H3. The van der Waals surface area contributed by atoms with E-state index >= 15 is 0 Å². The number of benzene rings is 3. The molecule has 184 valence electrons. The summed E-state index contributed by atoms with van der Waals surface area (Å²) < 4.78 is 25.2. The maximum atomic E-state index is 13.1. The summed E-state index contributed by atoms with van der Waals surface area (Å²) in [6, 6.07) is 14.8. The molecule has 5 rings (SSSR count). The SMILES string of the molecule is CCc1nc2ccc(Br)cc2c(=O)n1N=Cc1cc(Br)c(OCc2ccc3c(c2)OCO3)c(OC)c1. The van der Waals surface area contributed by atoms with E-state index < -0.39 is 0 Å². The van der Waals surface area contributed by atoms with Gasteiger partial charge in [0.05, 0.1) is 28.7 Å². The summed E-state index contributed by atoms with van der Waals surface area (Å²) in [5.74, 6) is 3.07. The van der Waals surface area contributed by atoms with E-state index in [4.69, 9.17) is 18.9 Å². The van der Waals surface area contributed by atoms with Gasteiger partial charge in [-0.25, -0.2) is 4.98 Å². The summed E-state index contributed by atoms with van der Waals surface area (Å²) in [5.41, 5.74) is 2.06. The molecule has 0 radical (unpaired) electrons. The molecular weight excluding hydrogens is 594 g/mol. The molecule has 1 aromatic heterocycles. The van der Waals surface area contributed by atoms with Gasteiger partial charge in [0.2, 0.25) is 6.79 Å². The molecule has 0 spiro atoms. The molecule has 4 aromatic rings. The third-order valence-corrected chi connectivity index (χ3v) is 6.67. The Labute approximate surface area is 223 Å². The highest BCUT2D eigenvalue weighted by Crippen LogP contribution is 2.38. The van der Waals surface area contributed by atoms with Crippen molar-refractivity contribution in [3.8, 4) is 23.0 Å². The maximum absolute atomic E-state index is 13.1. The van der Waals surface area contributed by atoms with Crippen LogP contribution in [0.5, 0.6) is 23.0 Å². The normalized spacial score (nSPS) is 12.4. The van der Waals surface area contributed by atoms with Crippen LogP contribution in [-0.4, -0.2) is 29.8 Å². The lowest BCUT2D eigenvalue weighted by molar-refractivity contribution is 0.174. The van der Waals surface area contributed by atoms with Crippen molar-refractivity contribution in [2.75, 3.05) is 13.9 Å². The predicted octanol–water partition coefficient (Wildman–Crippen LogP) is 5.68. The number of nitrogens with zero attached hydrogens (tertiary/aromatic N) is 3. The molecule has 2 heterocycles. The van der Waals surface area contributed by atoms with E-state index in [-0.39, 0.29) is 12.4 Å². The van der Waals surface area contributed by atoms with Gasteiger partial charge in [0.1, 0.15) is 12.4 Å². The van der Waals surface area contributed by atoms with E-state index in [0.29, 0.717) is 51.5 Å². The summed E-state index contributed by atoms with van der Waals surface area (Å²) in [6.07, 6.45) is 2.15. The molecule has 10 heteroatoms. The van der Waals surface area contributed by atoms with Crippen molar-refractivity contribution in [2.24, 2.45) is 5.10 Å². The topological polar surface area (TPSA) is 84.2 Å². The molecule has 0 aliphatic carbocycles. The maximum Gasteiger partial charge on any atom is 0.282 e. The monoisotopic (exact) mass is 613 g/mol. The second kappa shape index (κ2) is 10.3. The number of aromatic nitrogens is 2. The molecule has 0 fully saturated rings. The van der Waals surface area contributed by atoms with Crippen molar-refractivity contribution in [3.05, 3.63) is 84.8 Å². The predicted molar refractivity (Wildman–Crippen MR) is 144 cm³/mol. The van der Waals surface area contributed by atoms with E-state index in [1.807, 2.05) is 43.3 Å². The van der Waals surface area contributed by atoms with Crippen molar-refractivity contribution in [1.29, 1.82) is 0 Å². The average Bonchev–Trinajstić information content (AvgIpc) is 3.35. The van der Waals surface area contributed by atoms with Gasteiger partial charge in [-0.2, -0.15) is 9.78 Å². The first-order valence-corrected chi connectivity index (χ1v) is 12.7. The molecule has 36 heavy (non-hydrogen) atoms. The Hall–Kier alpha value is -3.37. The van der Waals surface area contributed by atoms with Gasteiger partial charge in [0.25, 0.3) is 5.56 Å². The fraction of sp³-hybridized carbons (Fsp3) is 0.192. The molecule has 0 atom stereocenters. The van der Waals surface area contributed by atoms with Gasteiger partial charge in [-0.15, -0.1) is 0 Å². The fourth-order valence-corrected chi connectivity index (χ4v) is 4.74. The van der Waals surface area contributed by atoms with Crippen molar-refractivity contribution in [3.63, 3.8) is 0 Å². The first-order chi connectivity index (χ1) is 17.5. The van der Waals surface area contributed by atoms with Crippen LogP contribution < -0.4 is 24.5 Å². The minimum atomic E-state index is -0.232. The van der Waals surface area contributed by atoms with Crippen LogP contribution in [0.3, 0.4) is 0 Å². The number of halogens is 2. The molecule has 8 nitrogen and oxygen atoms in total. The third kappa shape index (κ3) is 4.83. The van der Waals surface area contributed by atoms with Crippen molar-refractivity contribution in [1.82, 2.24) is 9.66 Å². The highest BCUT2D eigenvalue weighted by Gasteiger charge is 2.16. The summed E-state index contributed by atoms with van der Waals surface area (Å²) in [7, 11) is 1.57. The van der Waals surface area contributed by atoms with Crippen molar-refractivity contribution < 1.29 is 18.9 Å². The van der Waals surface area contributed by atoms with Gasteiger partial charge in [0, 0.05) is 10.9 Å². The largest absolute Gasteiger partial charge is 0.493 e. The second-order valence-corrected chi connectivity index (χ2v) is 9.68. The lowest BCUT2D eigenvalue weighted by Crippen LogP contribution is -2.22. The van der Waals surface area contributed by atoms with Crippen LogP contribution in [0.25, 0.3) is 10.9 Å². The van der Waals surface area contributed by atoms with Crippen molar-refractivity contribution >= 4 is 49.0 Å². The molecule has 0 saturated heterocycles. The summed E-state index contributed by atoms with van der Waals surface area (Å²) in [6.45, 7) is 2.47. The number of ether oxygens (including phenoxy) is 4. The molecule has 3 aromatic carbocycles. The molecule has 0 amide bonds. The smallest absolute Gasteiger partial charge is 0.282 e. The zero-order chi connectivity index (χ0) is 25.2. The Morgan fingerprint density at radius 2 is 1.94 bits per heavy atom. The van der Waals surface area contributed by atoms with Crippen LogP contribution in [0.1, 0.15) is 23.9 Å². The number of aryl methyl sites for hydroxylation is 1. The van der Waals surface area contributed by atoms with Crippen LogP contribution >= 0.6 is 31.9 Å². The van der Waals surface area contributed by atoms with E-state index in [0.717, 1.165) is 21.3 Å². The first kappa shape index (κ1) is 24.3. The van der Waals surface area contributed by atoms with Crippen LogP contribution in [0, 0.1) is 0 Å². The minimum Gasteiger partial charge on any atom is -0.493 e. The third-order valence-electron chi connectivity index (χ3n) is 5.59. The average molecular weight is 615 g/mol. The number of hydrogen-bond donors (Lipinski definition) is 0. The summed E-state index contributed by atoms with van der Waals surface area (Å²) in [4.78, 5) is 17.7. The van der Waals surface area contributed by atoms with E-state index in [2.05, 4.69) is 41.9 Å². The molecule has 0 N–H and O–H groups in total. The Morgan fingerprint density at radius 1 is 1.11 bits per heavy atom. The highest BCUT2D eigenvalue weighted by atomic mass is 79.9.